The smallest absolute Gasteiger partial charge is 0.133 e. The molecule has 0 spiro atoms. The minimum atomic E-state index is -0.636. The highest BCUT2D eigenvalue weighted by molar-refractivity contribution is 5.21. The minimum Gasteiger partial charge on any atom is -0.467 e. The van der Waals surface area contributed by atoms with Crippen LogP contribution in [-0.2, 0) is 4.74 Å². The van der Waals surface area contributed by atoms with Gasteiger partial charge in [-0.15, -0.1) is 0 Å². The molecule has 3 rings (SSSR count). The average molecular weight is 330 g/mol. The second kappa shape index (κ2) is 8.44. The molecule has 24 heavy (non-hydrogen) atoms. The number of nitrogens with one attached hydrogen (secondary N) is 1. The van der Waals surface area contributed by atoms with E-state index in [0.717, 1.165) is 26.3 Å². The third kappa shape index (κ3) is 4.24. The number of hydrogen-bond donors (Lipinski definition) is 2. The van der Waals surface area contributed by atoms with Gasteiger partial charge < -0.3 is 19.6 Å². The molecule has 2 aromatic rings. The Morgan fingerprint density at radius 3 is 2.54 bits per heavy atom. The molecule has 2 heterocycles. The number of benzene rings is 1. The van der Waals surface area contributed by atoms with Crippen LogP contribution in [0.1, 0.15) is 30.4 Å². The van der Waals surface area contributed by atoms with Crippen LogP contribution in [-0.4, -0.2) is 48.9 Å². The van der Waals surface area contributed by atoms with Gasteiger partial charge in [0, 0.05) is 25.7 Å². The molecule has 5 heteroatoms. The van der Waals surface area contributed by atoms with Crippen molar-refractivity contribution in [2.45, 2.75) is 25.1 Å². The first kappa shape index (κ1) is 17.2. The first-order valence-electron chi connectivity index (χ1n) is 8.57. The minimum absolute atomic E-state index is 0.190. The highest BCUT2D eigenvalue weighted by Gasteiger charge is 2.28. The summed E-state index contributed by atoms with van der Waals surface area (Å²) in [6, 6.07) is 14.6. The van der Waals surface area contributed by atoms with E-state index in [1.807, 2.05) is 6.07 Å². The van der Waals surface area contributed by atoms with E-state index in [9.17, 15) is 5.11 Å². The van der Waals surface area contributed by atoms with Crippen LogP contribution in [0, 0.1) is 0 Å². The van der Waals surface area contributed by atoms with Gasteiger partial charge in [-0.05, 0) is 24.6 Å². The number of aliphatic hydroxyl groups excluding tert-OH is 1. The fourth-order valence-electron chi connectivity index (χ4n) is 3.31. The first-order chi connectivity index (χ1) is 11.8. The summed E-state index contributed by atoms with van der Waals surface area (Å²) < 4.78 is 10.8. The summed E-state index contributed by atoms with van der Waals surface area (Å²) in [6.45, 7) is 6.01. The van der Waals surface area contributed by atoms with E-state index < -0.39 is 6.10 Å². The lowest BCUT2D eigenvalue weighted by molar-refractivity contribution is 0.00740. The zero-order chi connectivity index (χ0) is 16.8. The van der Waals surface area contributed by atoms with E-state index in [-0.39, 0.29) is 12.1 Å². The summed E-state index contributed by atoms with van der Waals surface area (Å²) in [6.07, 6.45) is 0.950. The van der Waals surface area contributed by atoms with Gasteiger partial charge in [0.15, 0.2) is 0 Å². The molecule has 130 valence electrons. The number of furan rings is 1. The molecule has 0 amide bonds. The summed E-state index contributed by atoms with van der Waals surface area (Å²) in [4.78, 5) is 2.45. The topological polar surface area (TPSA) is 57.9 Å². The third-order valence-corrected chi connectivity index (χ3v) is 4.56. The fourth-order valence-corrected chi connectivity index (χ4v) is 3.31. The van der Waals surface area contributed by atoms with Crippen LogP contribution >= 0.6 is 0 Å². The number of hydrogen-bond acceptors (Lipinski definition) is 5. The van der Waals surface area contributed by atoms with Crippen LogP contribution in [0.2, 0.25) is 0 Å². The zero-order valence-electron chi connectivity index (χ0n) is 14.1. The Hall–Kier alpha value is -1.66. The van der Waals surface area contributed by atoms with Gasteiger partial charge in [-0.25, -0.2) is 0 Å². The lowest BCUT2D eigenvalue weighted by Gasteiger charge is -2.38. The lowest BCUT2D eigenvalue weighted by Crippen LogP contribution is -2.47. The molecule has 2 N–H and O–H groups in total. The molecule has 1 fully saturated rings. The molecule has 0 saturated carbocycles. The molecule has 5 nitrogen and oxygen atoms in total. The van der Waals surface area contributed by atoms with Gasteiger partial charge in [-0.2, -0.15) is 0 Å². The number of morpholine rings is 1. The SMILES string of the molecule is CC(NCC(O)c1ccco1)C(c1ccccc1)N1CCOCC1. The Morgan fingerprint density at radius 2 is 1.88 bits per heavy atom. The van der Waals surface area contributed by atoms with Crippen molar-refractivity contribution in [1.29, 1.82) is 0 Å². The van der Waals surface area contributed by atoms with E-state index in [4.69, 9.17) is 9.15 Å². The van der Waals surface area contributed by atoms with Crippen molar-refractivity contribution in [2.24, 2.45) is 0 Å². The van der Waals surface area contributed by atoms with Gasteiger partial charge in [-0.3, -0.25) is 4.90 Å². The van der Waals surface area contributed by atoms with E-state index in [1.54, 1.807) is 18.4 Å². The van der Waals surface area contributed by atoms with Crippen LogP contribution in [0.4, 0.5) is 0 Å². The summed E-state index contributed by atoms with van der Waals surface area (Å²) in [5.74, 6) is 0.595. The molecule has 0 bridgehead atoms. The molecular formula is C19H26N2O3. The van der Waals surface area contributed by atoms with E-state index in [1.165, 1.54) is 5.56 Å². The van der Waals surface area contributed by atoms with Gasteiger partial charge >= 0.3 is 0 Å². The summed E-state index contributed by atoms with van der Waals surface area (Å²) in [5, 5.41) is 13.7. The molecule has 0 aliphatic carbocycles. The number of ether oxygens (including phenoxy) is 1. The van der Waals surface area contributed by atoms with Crippen molar-refractivity contribution in [3.63, 3.8) is 0 Å². The van der Waals surface area contributed by atoms with Crippen molar-refractivity contribution in [3.05, 3.63) is 60.1 Å². The molecular weight excluding hydrogens is 304 g/mol. The van der Waals surface area contributed by atoms with E-state index in [0.29, 0.717) is 12.3 Å². The van der Waals surface area contributed by atoms with Crippen LogP contribution in [0.25, 0.3) is 0 Å². The maximum Gasteiger partial charge on any atom is 0.133 e. The zero-order valence-corrected chi connectivity index (χ0v) is 14.1. The van der Waals surface area contributed by atoms with Gasteiger partial charge in [-0.1, -0.05) is 30.3 Å². The number of rotatable bonds is 7. The molecule has 1 aliphatic rings. The van der Waals surface area contributed by atoms with Crippen LogP contribution in [0.15, 0.2) is 53.1 Å². The molecule has 0 radical (unpaired) electrons. The normalized spacial score (nSPS) is 19.8. The predicted octanol–water partition coefficient (Wildman–Crippen LogP) is 2.36. The van der Waals surface area contributed by atoms with Gasteiger partial charge in [0.2, 0.25) is 0 Å². The Kier molecular flexibility index (Phi) is 6.04. The third-order valence-electron chi connectivity index (χ3n) is 4.56. The van der Waals surface area contributed by atoms with Crippen molar-refractivity contribution >= 4 is 0 Å². The molecule has 1 aromatic heterocycles. The predicted molar refractivity (Wildman–Crippen MR) is 92.7 cm³/mol. The van der Waals surface area contributed by atoms with Crippen LogP contribution in [0.3, 0.4) is 0 Å². The quantitative estimate of drug-likeness (QED) is 0.816. The lowest BCUT2D eigenvalue weighted by atomic mass is 9.98. The second-order valence-electron chi connectivity index (χ2n) is 6.23. The van der Waals surface area contributed by atoms with Gasteiger partial charge in [0.1, 0.15) is 11.9 Å². The summed E-state index contributed by atoms with van der Waals surface area (Å²) in [7, 11) is 0. The molecule has 1 saturated heterocycles. The molecule has 1 aromatic carbocycles. The number of nitrogens with zero attached hydrogens (tertiary/aromatic N) is 1. The first-order valence-corrected chi connectivity index (χ1v) is 8.57. The fraction of sp³-hybridized carbons (Fsp3) is 0.474. The second-order valence-corrected chi connectivity index (χ2v) is 6.23. The Morgan fingerprint density at radius 1 is 1.12 bits per heavy atom. The highest BCUT2D eigenvalue weighted by Crippen LogP contribution is 2.25. The number of aliphatic hydroxyl groups is 1. The molecule has 1 aliphatic heterocycles. The van der Waals surface area contributed by atoms with Crippen LogP contribution in [0.5, 0.6) is 0 Å². The van der Waals surface area contributed by atoms with Crippen LogP contribution < -0.4 is 5.32 Å². The monoisotopic (exact) mass is 330 g/mol. The van der Waals surface area contributed by atoms with Crippen molar-refractivity contribution in [2.75, 3.05) is 32.8 Å². The Labute approximate surface area is 143 Å². The Bertz CT molecular complexity index is 582. The largest absolute Gasteiger partial charge is 0.467 e. The molecule has 3 unspecified atom stereocenters. The molecule has 3 atom stereocenters. The summed E-state index contributed by atoms with van der Waals surface area (Å²) >= 11 is 0. The van der Waals surface area contributed by atoms with Crippen molar-refractivity contribution in [1.82, 2.24) is 10.2 Å². The standard InChI is InChI=1S/C19H26N2O3/c1-15(20-14-17(22)18-8-5-11-24-18)19(16-6-3-2-4-7-16)21-9-12-23-13-10-21/h2-8,11,15,17,19-20,22H,9-10,12-14H2,1H3. The Balaban J connectivity index is 1.67. The maximum absolute atomic E-state index is 10.2. The van der Waals surface area contributed by atoms with E-state index in [2.05, 4.69) is 41.4 Å². The van der Waals surface area contributed by atoms with Crippen molar-refractivity contribution < 1.29 is 14.3 Å². The maximum atomic E-state index is 10.2. The van der Waals surface area contributed by atoms with E-state index >= 15 is 0 Å². The highest BCUT2D eigenvalue weighted by atomic mass is 16.5. The van der Waals surface area contributed by atoms with Crippen molar-refractivity contribution in [3.8, 4) is 0 Å². The average Bonchev–Trinajstić information content (AvgIpc) is 3.16. The van der Waals surface area contributed by atoms with Gasteiger partial charge in [0.05, 0.1) is 25.5 Å². The van der Waals surface area contributed by atoms with Gasteiger partial charge in [0.25, 0.3) is 0 Å². The summed E-state index contributed by atoms with van der Waals surface area (Å²) in [5.41, 5.74) is 1.28.